The van der Waals surface area contributed by atoms with Crippen molar-refractivity contribution in [1.82, 2.24) is 0 Å². The molecule has 0 aliphatic heterocycles. The molecule has 0 spiro atoms. The van der Waals surface area contributed by atoms with Gasteiger partial charge < -0.3 is 0 Å². The van der Waals surface area contributed by atoms with Gasteiger partial charge in [-0.3, -0.25) is 4.79 Å². The van der Waals surface area contributed by atoms with Crippen LogP contribution in [0.1, 0.15) is 39.0 Å². The third-order valence-electron chi connectivity index (χ3n) is 1.19. The molecule has 0 saturated heterocycles. The van der Waals surface area contributed by atoms with Crippen LogP contribution in [0, 0.1) is 11.8 Å². The van der Waals surface area contributed by atoms with Crippen molar-refractivity contribution >= 4 is 6.29 Å². The van der Waals surface area contributed by atoms with Gasteiger partial charge in [0.05, 0.1) is 6.42 Å². The van der Waals surface area contributed by atoms with Crippen LogP contribution < -0.4 is 0 Å². The standard InChI is InChI=1S/C9H13O/c1-2-3-4-5-6-7-8-9-10/h2-5,8H2,1H3. The highest BCUT2D eigenvalue weighted by atomic mass is 16.1. The summed E-state index contributed by atoms with van der Waals surface area (Å²) < 4.78 is 0. The summed E-state index contributed by atoms with van der Waals surface area (Å²) in [7, 11) is 0. The molecule has 1 radical (unpaired) electrons. The second-order valence-electron chi connectivity index (χ2n) is 2.13. The smallest absolute Gasteiger partial charge is 0.211 e. The largest absolute Gasteiger partial charge is 0.290 e. The molecular weight excluding hydrogens is 124 g/mol. The fourth-order valence-corrected chi connectivity index (χ4v) is 0.650. The first kappa shape index (κ1) is 9.23. The first-order chi connectivity index (χ1) is 4.91. The van der Waals surface area contributed by atoms with Crippen LogP contribution in [-0.4, -0.2) is 6.29 Å². The predicted molar refractivity (Wildman–Crippen MR) is 42.2 cm³/mol. The van der Waals surface area contributed by atoms with Gasteiger partial charge in [0.2, 0.25) is 6.29 Å². The molecule has 0 aromatic heterocycles. The van der Waals surface area contributed by atoms with E-state index in [1.807, 2.05) is 0 Å². The van der Waals surface area contributed by atoms with E-state index in [0.29, 0.717) is 0 Å². The monoisotopic (exact) mass is 137 g/mol. The second kappa shape index (κ2) is 8.23. The molecule has 0 unspecified atom stereocenters. The molecule has 0 fully saturated rings. The van der Waals surface area contributed by atoms with E-state index in [1.54, 1.807) is 6.29 Å². The molecule has 1 heteroatoms. The fraction of sp³-hybridized carbons (Fsp3) is 0.667. The minimum atomic E-state index is 0.270. The lowest BCUT2D eigenvalue weighted by molar-refractivity contribution is 0.556. The van der Waals surface area contributed by atoms with E-state index in [0.717, 1.165) is 12.8 Å². The van der Waals surface area contributed by atoms with Crippen molar-refractivity contribution < 1.29 is 4.79 Å². The maximum atomic E-state index is 9.67. The average molecular weight is 137 g/mol. The zero-order valence-electron chi connectivity index (χ0n) is 6.44. The predicted octanol–water partition coefficient (Wildman–Crippen LogP) is 2.07. The Morgan fingerprint density at radius 2 is 2.00 bits per heavy atom. The van der Waals surface area contributed by atoms with Crippen LogP contribution in [0.2, 0.25) is 0 Å². The molecule has 0 atom stereocenters. The number of rotatable bonds is 4. The summed E-state index contributed by atoms with van der Waals surface area (Å²) in [5.41, 5.74) is 0. The molecular formula is C9H13O. The Kier molecular flexibility index (Phi) is 7.60. The molecule has 0 heterocycles. The van der Waals surface area contributed by atoms with Gasteiger partial charge in [0, 0.05) is 6.42 Å². The van der Waals surface area contributed by atoms with Crippen molar-refractivity contribution in [1.29, 1.82) is 0 Å². The molecule has 0 aliphatic carbocycles. The number of hydrogen-bond donors (Lipinski definition) is 0. The molecule has 0 rings (SSSR count). The quantitative estimate of drug-likeness (QED) is 0.428. The van der Waals surface area contributed by atoms with Gasteiger partial charge in [-0.1, -0.05) is 25.7 Å². The summed E-state index contributed by atoms with van der Waals surface area (Å²) in [5, 5.41) is 0. The van der Waals surface area contributed by atoms with Gasteiger partial charge in [-0.2, -0.15) is 0 Å². The third kappa shape index (κ3) is 7.23. The first-order valence-corrected chi connectivity index (χ1v) is 3.72. The van der Waals surface area contributed by atoms with Crippen molar-refractivity contribution in [2.24, 2.45) is 0 Å². The molecule has 0 aliphatic rings. The van der Waals surface area contributed by atoms with Crippen LogP contribution >= 0.6 is 0 Å². The summed E-state index contributed by atoms with van der Waals surface area (Å²) in [6, 6.07) is 0. The molecule has 1 nitrogen and oxygen atoms in total. The Hall–Kier alpha value is -0.770. The van der Waals surface area contributed by atoms with Crippen LogP contribution in [0.5, 0.6) is 0 Å². The lowest BCUT2D eigenvalue weighted by atomic mass is 10.2. The highest BCUT2D eigenvalue weighted by Gasteiger charge is 1.79. The maximum absolute atomic E-state index is 9.67. The van der Waals surface area contributed by atoms with Gasteiger partial charge in [0.15, 0.2) is 0 Å². The molecule has 0 amide bonds. The SMILES string of the molecule is CCCCCC#CC[C]=O. The lowest BCUT2D eigenvalue weighted by Crippen LogP contribution is -1.71. The molecule has 0 N–H and O–H groups in total. The summed E-state index contributed by atoms with van der Waals surface area (Å²) in [4.78, 5) is 9.67. The minimum absolute atomic E-state index is 0.270. The third-order valence-corrected chi connectivity index (χ3v) is 1.19. The Bertz CT molecular complexity index is 127. The van der Waals surface area contributed by atoms with Crippen molar-refractivity contribution in [2.45, 2.75) is 39.0 Å². The van der Waals surface area contributed by atoms with Crippen LogP contribution in [0.4, 0.5) is 0 Å². The van der Waals surface area contributed by atoms with Gasteiger partial charge in [-0.05, 0) is 6.42 Å². The van der Waals surface area contributed by atoms with Gasteiger partial charge >= 0.3 is 0 Å². The molecule has 0 bridgehead atoms. The number of hydrogen-bond acceptors (Lipinski definition) is 1. The Morgan fingerprint density at radius 3 is 2.60 bits per heavy atom. The van der Waals surface area contributed by atoms with Gasteiger partial charge in [0.1, 0.15) is 0 Å². The van der Waals surface area contributed by atoms with Gasteiger partial charge in [0.25, 0.3) is 0 Å². The Morgan fingerprint density at radius 1 is 1.20 bits per heavy atom. The summed E-state index contributed by atoms with van der Waals surface area (Å²) in [6.07, 6.45) is 6.55. The summed E-state index contributed by atoms with van der Waals surface area (Å²) in [6.45, 7) is 2.16. The zero-order valence-corrected chi connectivity index (χ0v) is 6.44. The molecule has 10 heavy (non-hydrogen) atoms. The van der Waals surface area contributed by atoms with E-state index in [4.69, 9.17) is 0 Å². The van der Waals surface area contributed by atoms with E-state index in [-0.39, 0.29) is 6.42 Å². The van der Waals surface area contributed by atoms with Crippen molar-refractivity contribution in [3.8, 4) is 11.8 Å². The molecule has 55 valence electrons. The maximum Gasteiger partial charge on any atom is 0.211 e. The first-order valence-electron chi connectivity index (χ1n) is 3.72. The highest BCUT2D eigenvalue weighted by Crippen LogP contribution is 1.96. The van der Waals surface area contributed by atoms with E-state index < -0.39 is 0 Å². The minimum Gasteiger partial charge on any atom is -0.290 e. The highest BCUT2D eigenvalue weighted by molar-refractivity contribution is 5.54. The van der Waals surface area contributed by atoms with Crippen LogP contribution in [0.15, 0.2) is 0 Å². The van der Waals surface area contributed by atoms with E-state index in [1.165, 1.54) is 12.8 Å². The summed E-state index contributed by atoms with van der Waals surface area (Å²) in [5.74, 6) is 5.63. The van der Waals surface area contributed by atoms with Crippen molar-refractivity contribution in [3.63, 3.8) is 0 Å². The second-order valence-corrected chi connectivity index (χ2v) is 2.13. The molecule has 0 aromatic carbocycles. The molecule has 0 saturated carbocycles. The van der Waals surface area contributed by atoms with Gasteiger partial charge in [-0.25, -0.2) is 0 Å². The van der Waals surface area contributed by atoms with Crippen LogP contribution in [0.25, 0.3) is 0 Å². The molecule has 0 aromatic rings. The van der Waals surface area contributed by atoms with E-state index >= 15 is 0 Å². The summed E-state index contributed by atoms with van der Waals surface area (Å²) >= 11 is 0. The zero-order chi connectivity index (χ0) is 7.66. The number of carbonyl (C=O) groups excluding carboxylic acids is 1. The number of unbranched alkanes of at least 4 members (excludes halogenated alkanes) is 3. The average Bonchev–Trinajstić information content (AvgIpc) is 1.97. The lowest BCUT2D eigenvalue weighted by Gasteiger charge is -1.87. The van der Waals surface area contributed by atoms with Gasteiger partial charge in [-0.15, -0.1) is 5.92 Å². The van der Waals surface area contributed by atoms with E-state index in [2.05, 4.69) is 18.8 Å². The Balaban J connectivity index is 3.03. The van der Waals surface area contributed by atoms with Crippen LogP contribution in [0.3, 0.4) is 0 Å². The van der Waals surface area contributed by atoms with Crippen LogP contribution in [-0.2, 0) is 4.79 Å². The Labute approximate surface area is 62.8 Å². The van der Waals surface area contributed by atoms with E-state index in [9.17, 15) is 4.79 Å². The topological polar surface area (TPSA) is 17.1 Å². The van der Waals surface area contributed by atoms with Crippen molar-refractivity contribution in [3.05, 3.63) is 0 Å². The normalized spacial score (nSPS) is 8.10. The van der Waals surface area contributed by atoms with Crippen molar-refractivity contribution in [2.75, 3.05) is 0 Å². The fourth-order valence-electron chi connectivity index (χ4n) is 0.650.